The van der Waals surface area contributed by atoms with Crippen molar-refractivity contribution in [2.75, 3.05) is 32.7 Å². The van der Waals surface area contributed by atoms with E-state index >= 15 is 0 Å². The number of rotatable bonds is 10. The van der Waals surface area contributed by atoms with Crippen molar-refractivity contribution < 1.29 is 9.21 Å². The number of halogens is 1. The van der Waals surface area contributed by atoms with Crippen LogP contribution in [-0.4, -0.2) is 49.5 Å². The molecule has 0 bridgehead atoms. The van der Waals surface area contributed by atoms with Gasteiger partial charge in [0.1, 0.15) is 5.76 Å². The van der Waals surface area contributed by atoms with Gasteiger partial charge in [0, 0.05) is 50.4 Å². The van der Waals surface area contributed by atoms with Gasteiger partial charge in [-0.2, -0.15) is 0 Å². The van der Waals surface area contributed by atoms with Crippen molar-refractivity contribution in [3.8, 4) is 0 Å². The highest BCUT2D eigenvalue weighted by Gasteiger charge is 2.15. The summed E-state index contributed by atoms with van der Waals surface area (Å²) in [7, 11) is 0. The third kappa shape index (κ3) is 9.07. The molecule has 0 spiro atoms. The quantitative estimate of drug-likeness (QED) is 0.205. The highest BCUT2D eigenvalue weighted by Crippen LogP contribution is 2.11. The molecule has 0 saturated carbocycles. The summed E-state index contributed by atoms with van der Waals surface area (Å²) >= 11 is 1.78. The first kappa shape index (κ1) is 24.7. The fourth-order valence-electron chi connectivity index (χ4n) is 3.42. The first-order valence-corrected chi connectivity index (χ1v) is 11.5. The van der Waals surface area contributed by atoms with Crippen LogP contribution in [0.25, 0.3) is 0 Å². The average molecular weight is 545 g/mol. The van der Waals surface area contributed by atoms with Crippen molar-refractivity contribution in [2.45, 2.75) is 44.9 Å². The van der Waals surface area contributed by atoms with Crippen LogP contribution in [0.1, 0.15) is 42.7 Å². The number of nitrogens with zero attached hydrogens (tertiary/aromatic N) is 2. The predicted molar refractivity (Wildman–Crippen MR) is 134 cm³/mol. The van der Waals surface area contributed by atoms with E-state index in [1.165, 1.54) is 4.88 Å². The Bertz CT molecular complexity index is 692. The van der Waals surface area contributed by atoms with E-state index in [-0.39, 0.29) is 24.0 Å². The minimum absolute atomic E-state index is 0. The molecule has 0 atom stereocenters. The number of guanidine groups is 1. The second-order valence-corrected chi connectivity index (χ2v) is 8.32. The maximum Gasteiger partial charge on any atom is 0.222 e. The number of carbonyl (C=O) groups is 1. The lowest BCUT2D eigenvalue weighted by atomic mass is 10.2. The van der Waals surface area contributed by atoms with Crippen LogP contribution >= 0.6 is 35.3 Å². The Kier molecular flexibility index (Phi) is 11.9. The van der Waals surface area contributed by atoms with Crippen molar-refractivity contribution in [3.63, 3.8) is 0 Å². The van der Waals surface area contributed by atoms with Crippen LogP contribution < -0.4 is 10.6 Å². The standard InChI is InChI=1S/C22H32N4O2S.HI/c27-21-9-2-1-3-15-26(21)16-6-12-23-22(24-13-10-19-7-4-17-28-19)25-14-11-20-8-5-18-29-20;/h4-5,7-8,17-18H,1-3,6,9-16H2,(H2,23,24,25);1H. The lowest BCUT2D eigenvalue weighted by Crippen LogP contribution is -2.39. The van der Waals surface area contributed by atoms with E-state index < -0.39 is 0 Å². The van der Waals surface area contributed by atoms with E-state index in [9.17, 15) is 4.79 Å². The van der Waals surface area contributed by atoms with Gasteiger partial charge in [0.25, 0.3) is 0 Å². The van der Waals surface area contributed by atoms with Crippen molar-refractivity contribution in [1.82, 2.24) is 15.5 Å². The van der Waals surface area contributed by atoms with Gasteiger partial charge in [0.05, 0.1) is 6.26 Å². The van der Waals surface area contributed by atoms with Gasteiger partial charge in [-0.05, 0) is 49.3 Å². The van der Waals surface area contributed by atoms with Crippen LogP contribution in [0, 0.1) is 0 Å². The van der Waals surface area contributed by atoms with E-state index in [4.69, 9.17) is 9.41 Å². The third-order valence-electron chi connectivity index (χ3n) is 5.02. The zero-order valence-corrected chi connectivity index (χ0v) is 20.6. The van der Waals surface area contributed by atoms with Gasteiger partial charge >= 0.3 is 0 Å². The first-order valence-electron chi connectivity index (χ1n) is 10.7. The number of furan rings is 1. The summed E-state index contributed by atoms with van der Waals surface area (Å²) < 4.78 is 5.40. The fraction of sp³-hybridized carbons (Fsp3) is 0.545. The molecule has 0 aromatic carbocycles. The van der Waals surface area contributed by atoms with Crippen LogP contribution in [0.4, 0.5) is 0 Å². The van der Waals surface area contributed by atoms with Crippen LogP contribution in [-0.2, 0) is 17.6 Å². The maximum absolute atomic E-state index is 12.1. The summed E-state index contributed by atoms with van der Waals surface area (Å²) in [6.45, 7) is 4.02. The fourth-order valence-corrected chi connectivity index (χ4v) is 4.13. The second-order valence-electron chi connectivity index (χ2n) is 7.29. The molecule has 2 aromatic rings. The number of thiophene rings is 1. The first-order chi connectivity index (χ1) is 14.3. The number of hydrogen-bond donors (Lipinski definition) is 2. The van der Waals surface area contributed by atoms with E-state index in [0.29, 0.717) is 18.9 Å². The van der Waals surface area contributed by atoms with Crippen LogP contribution in [0.3, 0.4) is 0 Å². The minimum Gasteiger partial charge on any atom is -0.469 e. The lowest BCUT2D eigenvalue weighted by molar-refractivity contribution is -0.130. The Labute approximate surface area is 200 Å². The molecule has 3 rings (SSSR count). The molecule has 0 unspecified atom stereocenters. The van der Waals surface area contributed by atoms with Gasteiger partial charge in [-0.15, -0.1) is 35.3 Å². The molecule has 2 aromatic heterocycles. The number of amides is 1. The van der Waals surface area contributed by atoms with Gasteiger partial charge in [0.2, 0.25) is 5.91 Å². The number of likely N-dealkylation sites (tertiary alicyclic amines) is 1. The maximum atomic E-state index is 12.1. The van der Waals surface area contributed by atoms with Gasteiger partial charge in [-0.3, -0.25) is 9.79 Å². The molecule has 0 aliphatic carbocycles. The Morgan fingerprint density at radius 3 is 2.77 bits per heavy atom. The number of carbonyl (C=O) groups excluding carboxylic acids is 1. The SMILES string of the molecule is I.O=C1CCCCCN1CCCN=C(NCCc1ccco1)NCCc1cccs1. The van der Waals surface area contributed by atoms with E-state index in [1.54, 1.807) is 17.6 Å². The summed E-state index contributed by atoms with van der Waals surface area (Å²) in [5.41, 5.74) is 0. The smallest absolute Gasteiger partial charge is 0.222 e. The molecule has 1 aliphatic heterocycles. The molecule has 2 N–H and O–H groups in total. The molecular formula is C22H33IN4O2S. The molecule has 1 amide bonds. The Hall–Kier alpha value is -1.55. The summed E-state index contributed by atoms with van der Waals surface area (Å²) in [4.78, 5) is 20.2. The highest BCUT2D eigenvalue weighted by atomic mass is 127. The Morgan fingerprint density at radius 2 is 2.00 bits per heavy atom. The Balaban J connectivity index is 0.00000320. The third-order valence-corrected chi connectivity index (χ3v) is 5.95. The van der Waals surface area contributed by atoms with Gasteiger partial charge < -0.3 is 20.0 Å². The largest absolute Gasteiger partial charge is 0.469 e. The molecular weight excluding hydrogens is 511 g/mol. The molecule has 8 heteroatoms. The van der Waals surface area contributed by atoms with Crippen molar-refractivity contribution in [1.29, 1.82) is 0 Å². The van der Waals surface area contributed by atoms with E-state index in [0.717, 1.165) is 76.4 Å². The number of aliphatic imine (C=N–C) groups is 1. The summed E-state index contributed by atoms with van der Waals surface area (Å²) in [6.07, 6.45) is 8.42. The molecule has 1 saturated heterocycles. The highest BCUT2D eigenvalue weighted by molar-refractivity contribution is 14.0. The molecule has 0 radical (unpaired) electrons. The summed E-state index contributed by atoms with van der Waals surface area (Å²) in [5, 5.41) is 8.93. The van der Waals surface area contributed by atoms with Crippen molar-refractivity contribution in [3.05, 3.63) is 46.5 Å². The number of nitrogens with one attached hydrogen (secondary N) is 2. The number of hydrogen-bond acceptors (Lipinski definition) is 4. The zero-order chi connectivity index (χ0) is 20.2. The monoisotopic (exact) mass is 544 g/mol. The topological polar surface area (TPSA) is 69.9 Å². The van der Waals surface area contributed by atoms with E-state index in [1.807, 2.05) is 17.0 Å². The summed E-state index contributed by atoms with van der Waals surface area (Å²) in [5.74, 6) is 2.10. The van der Waals surface area contributed by atoms with Gasteiger partial charge in [0.15, 0.2) is 5.96 Å². The molecule has 6 nitrogen and oxygen atoms in total. The molecule has 1 fully saturated rings. The molecule has 166 valence electrons. The molecule has 3 heterocycles. The van der Waals surface area contributed by atoms with Crippen molar-refractivity contribution in [2.24, 2.45) is 4.99 Å². The normalized spacial score (nSPS) is 14.9. The van der Waals surface area contributed by atoms with Crippen LogP contribution in [0.5, 0.6) is 0 Å². The Morgan fingerprint density at radius 1 is 1.13 bits per heavy atom. The average Bonchev–Trinajstić information content (AvgIpc) is 3.39. The molecule has 30 heavy (non-hydrogen) atoms. The van der Waals surface area contributed by atoms with Crippen LogP contribution in [0.2, 0.25) is 0 Å². The van der Waals surface area contributed by atoms with Gasteiger partial charge in [-0.1, -0.05) is 12.5 Å². The van der Waals surface area contributed by atoms with E-state index in [2.05, 4.69) is 28.1 Å². The van der Waals surface area contributed by atoms with Crippen molar-refractivity contribution >= 4 is 47.2 Å². The summed E-state index contributed by atoms with van der Waals surface area (Å²) in [6, 6.07) is 8.14. The van der Waals surface area contributed by atoms with Gasteiger partial charge in [-0.25, -0.2) is 0 Å². The minimum atomic E-state index is 0. The lowest BCUT2D eigenvalue weighted by Gasteiger charge is -2.20. The van der Waals surface area contributed by atoms with Crippen LogP contribution in [0.15, 0.2) is 45.3 Å². The molecule has 1 aliphatic rings. The predicted octanol–water partition coefficient (Wildman–Crippen LogP) is 4.07. The second kappa shape index (κ2) is 14.5. The zero-order valence-electron chi connectivity index (χ0n) is 17.5.